The molecule has 0 saturated carbocycles. The van der Waals surface area contributed by atoms with Crippen molar-refractivity contribution in [2.75, 3.05) is 5.75 Å². The van der Waals surface area contributed by atoms with Crippen LogP contribution in [0.5, 0.6) is 0 Å². The van der Waals surface area contributed by atoms with E-state index >= 15 is 0 Å². The van der Waals surface area contributed by atoms with Gasteiger partial charge in [0.1, 0.15) is 18.1 Å². The summed E-state index contributed by atoms with van der Waals surface area (Å²) in [6.07, 6.45) is 2.41. The maximum absolute atomic E-state index is 13.0. The number of nitrogens with zero attached hydrogens (tertiary/aromatic N) is 1. The van der Waals surface area contributed by atoms with Gasteiger partial charge in [-0.25, -0.2) is 9.78 Å². The highest BCUT2D eigenvalue weighted by Crippen LogP contribution is 2.07. The fourth-order valence-electron chi connectivity index (χ4n) is 2.99. The summed E-state index contributed by atoms with van der Waals surface area (Å²) in [5.74, 6) is -4.80. The normalized spacial score (nSPS) is 14.5. The van der Waals surface area contributed by atoms with Crippen LogP contribution in [0.2, 0.25) is 0 Å². The van der Waals surface area contributed by atoms with Crippen molar-refractivity contribution >= 4 is 42.3 Å². The average Bonchev–Trinajstić information content (AvgIpc) is 3.26. The van der Waals surface area contributed by atoms with Gasteiger partial charge in [-0.2, -0.15) is 12.6 Å². The van der Waals surface area contributed by atoms with Gasteiger partial charge in [-0.15, -0.1) is 0 Å². The number of carbonyl (C=O) groups is 5. The highest BCUT2D eigenvalue weighted by atomic mass is 32.1. The number of carboxylic acids is 2. The van der Waals surface area contributed by atoms with Crippen LogP contribution in [0.1, 0.15) is 38.8 Å². The Morgan fingerprint density at radius 1 is 1.03 bits per heavy atom. The molecule has 8 N–H and O–H groups in total. The lowest BCUT2D eigenvalue weighted by Gasteiger charge is -2.25. The quantitative estimate of drug-likeness (QED) is 0.133. The molecular formula is C20H32N6O7S. The average molecular weight is 501 g/mol. The van der Waals surface area contributed by atoms with Gasteiger partial charge in [0.15, 0.2) is 0 Å². The van der Waals surface area contributed by atoms with Crippen molar-refractivity contribution in [3.05, 3.63) is 18.2 Å². The number of nitrogens with one attached hydrogen (secondary N) is 4. The highest BCUT2D eigenvalue weighted by molar-refractivity contribution is 7.80. The summed E-state index contributed by atoms with van der Waals surface area (Å²) in [5.41, 5.74) is 6.34. The van der Waals surface area contributed by atoms with E-state index in [1.807, 2.05) is 13.8 Å². The predicted octanol–water partition coefficient (Wildman–Crippen LogP) is -1.34. The number of aromatic amines is 1. The molecule has 0 fully saturated rings. The van der Waals surface area contributed by atoms with Gasteiger partial charge in [0.2, 0.25) is 17.7 Å². The smallest absolute Gasteiger partial charge is 0.327 e. The number of aromatic nitrogens is 2. The van der Waals surface area contributed by atoms with Gasteiger partial charge in [-0.05, 0) is 18.8 Å². The number of rotatable bonds is 15. The van der Waals surface area contributed by atoms with Gasteiger partial charge in [0.05, 0.1) is 12.4 Å². The number of nitrogens with two attached hydrogens (primary N) is 1. The summed E-state index contributed by atoms with van der Waals surface area (Å²) in [7, 11) is 0. The first kappa shape index (κ1) is 28.9. The van der Waals surface area contributed by atoms with Crippen LogP contribution in [0.3, 0.4) is 0 Å². The zero-order valence-corrected chi connectivity index (χ0v) is 19.9. The molecule has 3 amide bonds. The topological polar surface area (TPSA) is 217 Å². The lowest BCUT2D eigenvalue weighted by atomic mass is 10.0. The molecule has 4 atom stereocenters. The number of aliphatic carboxylic acids is 2. The molecule has 1 rings (SSSR count). The minimum absolute atomic E-state index is 0.0665. The standard InChI is InChI=1S/C20H32N6O7S/c1-10(2)5-12(21)17(29)24-13(3-4-16(27)28)18(30)25-14(6-11-7-22-9-23-11)19(31)26-15(8-34)20(32)33/h7,9-10,12-15,34H,3-6,8,21H2,1-2H3,(H,22,23)(H,24,29)(H,25,30)(H,26,31)(H,27,28)(H,32,33). The summed E-state index contributed by atoms with van der Waals surface area (Å²) in [5, 5.41) is 25.4. The second-order valence-corrected chi connectivity index (χ2v) is 8.52. The van der Waals surface area contributed by atoms with Crippen molar-refractivity contribution in [2.45, 2.75) is 63.7 Å². The molecule has 4 unspecified atom stereocenters. The Morgan fingerprint density at radius 2 is 1.62 bits per heavy atom. The zero-order chi connectivity index (χ0) is 25.8. The zero-order valence-electron chi connectivity index (χ0n) is 19.0. The molecule has 0 spiro atoms. The molecule has 0 radical (unpaired) electrons. The van der Waals surface area contributed by atoms with Gasteiger partial charge in [0.25, 0.3) is 0 Å². The van der Waals surface area contributed by atoms with Gasteiger partial charge in [-0.1, -0.05) is 13.8 Å². The second kappa shape index (κ2) is 14.2. The highest BCUT2D eigenvalue weighted by Gasteiger charge is 2.30. The lowest BCUT2D eigenvalue weighted by molar-refractivity contribution is -0.141. The molecule has 190 valence electrons. The molecule has 1 aromatic heterocycles. The number of thiol groups is 1. The predicted molar refractivity (Wildman–Crippen MR) is 124 cm³/mol. The summed E-state index contributed by atoms with van der Waals surface area (Å²) in [4.78, 5) is 67.1. The summed E-state index contributed by atoms with van der Waals surface area (Å²) in [6, 6.07) is -4.73. The Balaban J connectivity index is 3.04. The van der Waals surface area contributed by atoms with E-state index in [-0.39, 0.29) is 24.5 Å². The van der Waals surface area contributed by atoms with E-state index < -0.39 is 60.2 Å². The van der Waals surface area contributed by atoms with E-state index in [2.05, 4.69) is 38.5 Å². The van der Waals surface area contributed by atoms with Crippen molar-refractivity contribution < 1.29 is 34.2 Å². The molecule has 14 heteroatoms. The van der Waals surface area contributed by atoms with Gasteiger partial charge in [-0.3, -0.25) is 19.2 Å². The van der Waals surface area contributed by atoms with Crippen LogP contribution in [-0.2, 0) is 30.4 Å². The second-order valence-electron chi connectivity index (χ2n) is 8.15. The third kappa shape index (κ3) is 10.2. The number of hydrogen-bond acceptors (Lipinski definition) is 8. The molecule has 0 aliphatic heterocycles. The Morgan fingerprint density at radius 3 is 2.12 bits per heavy atom. The van der Waals surface area contributed by atoms with E-state index in [1.54, 1.807) is 0 Å². The van der Waals surface area contributed by atoms with Crippen molar-refractivity contribution in [1.82, 2.24) is 25.9 Å². The van der Waals surface area contributed by atoms with Gasteiger partial charge < -0.3 is 36.9 Å². The lowest BCUT2D eigenvalue weighted by Crippen LogP contribution is -2.58. The summed E-state index contributed by atoms with van der Waals surface area (Å²) < 4.78 is 0. The maximum Gasteiger partial charge on any atom is 0.327 e. The SMILES string of the molecule is CC(C)CC(N)C(=O)NC(CCC(=O)O)C(=O)NC(Cc1cnc[nH]1)C(=O)NC(CS)C(=O)O. The third-order valence-corrected chi connectivity index (χ3v) is 5.12. The number of carboxylic acid groups (broad SMARTS) is 2. The van der Waals surface area contributed by atoms with Crippen molar-refractivity contribution in [3.8, 4) is 0 Å². The molecule has 0 saturated heterocycles. The fraction of sp³-hybridized carbons (Fsp3) is 0.600. The van der Waals surface area contributed by atoms with E-state index in [0.29, 0.717) is 12.1 Å². The minimum atomic E-state index is -1.30. The van der Waals surface area contributed by atoms with Crippen LogP contribution in [0.15, 0.2) is 12.5 Å². The number of amides is 3. The first-order valence-corrected chi connectivity index (χ1v) is 11.3. The number of imidazole rings is 1. The fourth-order valence-corrected chi connectivity index (χ4v) is 3.23. The van der Waals surface area contributed by atoms with Crippen LogP contribution >= 0.6 is 12.6 Å². The van der Waals surface area contributed by atoms with E-state index in [0.717, 1.165) is 0 Å². The number of hydrogen-bond donors (Lipinski definition) is 8. The van der Waals surface area contributed by atoms with Crippen LogP contribution < -0.4 is 21.7 Å². The molecule has 13 nitrogen and oxygen atoms in total. The minimum Gasteiger partial charge on any atom is -0.481 e. The van der Waals surface area contributed by atoms with Crippen molar-refractivity contribution in [1.29, 1.82) is 0 Å². The first-order chi connectivity index (χ1) is 15.9. The summed E-state index contributed by atoms with van der Waals surface area (Å²) in [6.45, 7) is 3.74. The largest absolute Gasteiger partial charge is 0.481 e. The maximum atomic E-state index is 13.0. The Hall–Kier alpha value is -3.13. The number of H-pyrrole nitrogens is 1. The molecule has 34 heavy (non-hydrogen) atoms. The van der Waals surface area contributed by atoms with E-state index in [4.69, 9.17) is 10.8 Å². The van der Waals surface area contributed by atoms with E-state index in [1.165, 1.54) is 12.5 Å². The number of carbonyl (C=O) groups excluding carboxylic acids is 3. The molecule has 1 heterocycles. The van der Waals surface area contributed by atoms with Crippen LogP contribution in [-0.4, -0.2) is 79.8 Å². The van der Waals surface area contributed by atoms with Gasteiger partial charge >= 0.3 is 11.9 Å². The Kier molecular flexibility index (Phi) is 12.1. The Bertz CT molecular complexity index is 848. The van der Waals surface area contributed by atoms with Crippen molar-refractivity contribution in [2.24, 2.45) is 11.7 Å². The molecular weight excluding hydrogens is 468 g/mol. The molecule has 0 aliphatic rings. The first-order valence-electron chi connectivity index (χ1n) is 10.6. The monoisotopic (exact) mass is 500 g/mol. The Labute approximate surface area is 202 Å². The molecule has 0 aliphatic carbocycles. The molecule has 0 bridgehead atoms. The summed E-state index contributed by atoms with van der Waals surface area (Å²) >= 11 is 3.90. The van der Waals surface area contributed by atoms with Crippen LogP contribution in [0.4, 0.5) is 0 Å². The van der Waals surface area contributed by atoms with Gasteiger partial charge in [0, 0.05) is 30.5 Å². The third-order valence-electron chi connectivity index (χ3n) is 4.75. The molecule has 0 aromatic carbocycles. The van der Waals surface area contributed by atoms with Crippen LogP contribution in [0.25, 0.3) is 0 Å². The van der Waals surface area contributed by atoms with Crippen molar-refractivity contribution in [3.63, 3.8) is 0 Å². The van der Waals surface area contributed by atoms with E-state index in [9.17, 15) is 29.1 Å². The van der Waals surface area contributed by atoms with Crippen LogP contribution in [0, 0.1) is 5.92 Å². The molecule has 1 aromatic rings.